The van der Waals surface area contributed by atoms with E-state index in [1.54, 1.807) is 29.8 Å². The van der Waals surface area contributed by atoms with Crippen LogP contribution in [0.25, 0.3) is 10.9 Å². The van der Waals surface area contributed by atoms with Crippen molar-refractivity contribution in [3.8, 4) is 0 Å². The highest BCUT2D eigenvalue weighted by Gasteiger charge is 2.19. The van der Waals surface area contributed by atoms with Gasteiger partial charge in [-0.3, -0.25) is 14.3 Å². The van der Waals surface area contributed by atoms with E-state index in [1.165, 1.54) is 12.4 Å². The summed E-state index contributed by atoms with van der Waals surface area (Å²) in [5, 5.41) is 8.84. The van der Waals surface area contributed by atoms with Crippen molar-refractivity contribution in [2.75, 3.05) is 0 Å². The quantitative estimate of drug-likeness (QED) is 0.533. The number of rotatable bonds is 3. The van der Waals surface area contributed by atoms with Crippen LogP contribution in [0.4, 0.5) is 0 Å². The number of nitrogens with one attached hydrogen (secondary N) is 2. The third kappa shape index (κ3) is 3.75. The average Bonchev–Trinajstić information content (AvgIpc) is 2.95. The third-order valence-electron chi connectivity index (χ3n) is 3.84. The third-order valence-corrected chi connectivity index (χ3v) is 4.14. The Morgan fingerprint density at radius 2 is 2.11 bits per heavy atom. The Morgan fingerprint density at radius 1 is 1.37 bits per heavy atom. The van der Waals surface area contributed by atoms with Gasteiger partial charge in [0.15, 0.2) is 0 Å². The lowest BCUT2D eigenvalue weighted by atomic mass is 10.1. The number of hydrogen-bond acceptors (Lipinski definition) is 5. The summed E-state index contributed by atoms with van der Waals surface area (Å²) < 4.78 is 1.71. The van der Waals surface area contributed by atoms with Crippen molar-refractivity contribution < 1.29 is 4.79 Å². The van der Waals surface area contributed by atoms with E-state index < -0.39 is 5.91 Å². The number of aromatic amines is 1. The van der Waals surface area contributed by atoms with Gasteiger partial charge in [0.05, 0.1) is 39.4 Å². The standard InChI is InChI=1S/C18H19ClN6O2/c1-10-22-13-7-5-6-11(15(13)17(27)23-10)16(26)24-20-9-14-12(19)8-21-25(14)18(2,3)4/h5-9H,1-4H3,(H,24,26)(H,22,23,27)/b20-9-. The van der Waals surface area contributed by atoms with E-state index in [0.717, 1.165) is 0 Å². The van der Waals surface area contributed by atoms with Crippen LogP contribution in [0.3, 0.4) is 0 Å². The minimum atomic E-state index is -0.522. The maximum atomic E-state index is 12.5. The first-order valence-corrected chi connectivity index (χ1v) is 8.63. The summed E-state index contributed by atoms with van der Waals surface area (Å²) in [4.78, 5) is 31.6. The Bertz CT molecular complexity index is 1110. The average molecular weight is 387 g/mol. The normalized spacial score (nSPS) is 12.0. The molecule has 0 aliphatic carbocycles. The van der Waals surface area contributed by atoms with E-state index in [4.69, 9.17) is 11.6 Å². The lowest BCUT2D eigenvalue weighted by Gasteiger charge is -2.21. The maximum absolute atomic E-state index is 12.5. The lowest BCUT2D eigenvalue weighted by Crippen LogP contribution is -2.26. The zero-order valence-electron chi connectivity index (χ0n) is 15.4. The zero-order valence-corrected chi connectivity index (χ0v) is 16.1. The zero-order chi connectivity index (χ0) is 19.8. The van der Waals surface area contributed by atoms with Crippen LogP contribution < -0.4 is 11.0 Å². The van der Waals surface area contributed by atoms with Crippen molar-refractivity contribution in [1.29, 1.82) is 0 Å². The monoisotopic (exact) mass is 386 g/mol. The van der Waals surface area contributed by atoms with Gasteiger partial charge in [-0.25, -0.2) is 10.4 Å². The number of halogens is 1. The molecular formula is C18H19ClN6O2. The highest BCUT2D eigenvalue weighted by molar-refractivity contribution is 6.32. The van der Waals surface area contributed by atoms with Crippen LogP contribution in [0.15, 0.2) is 34.3 Å². The molecule has 1 amide bonds. The molecule has 0 aliphatic rings. The Morgan fingerprint density at radius 3 is 2.81 bits per heavy atom. The van der Waals surface area contributed by atoms with Crippen molar-refractivity contribution in [3.63, 3.8) is 0 Å². The van der Waals surface area contributed by atoms with E-state index in [0.29, 0.717) is 22.1 Å². The van der Waals surface area contributed by atoms with Gasteiger partial charge < -0.3 is 4.98 Å². The molecule has 140 valence electrons. The summed E-state index contributed by atoms with van der Waals surface area (Å²) in [5.41, 5.74) is 2.95. The number of aryl methyl sites for hydroxylation is 1. The van der Waals surface area contributed by atoms with Crippen LogP contribution in [0, 0.1) is 6.92 Å². The first kappa shape index (κ1) is 18.8. The van der Waals surface area contributed by atoms with Crippen molar-refractivity contribution in [2.45, 2.75) is 33.2 Å². The fourth-order valence-corrected chi connectivity index (χ4v) is 2.87. The van der Waals surface area contributed by atoms with Crippen LogP contribution in [0.5, 0.6) is 0 Å². The van der Waals surface area contributed by atoms with Gasteiger partial charge in [-0.05, 0) is 39.8 Å². The molecular weight excluding hydrogens is 368 g/mol. The topological polar surface area (TPSA) is 105 Å². The molecule has 0 atom stereocenters. The largest absolute Gasteiger partial charge is 0.310 e. The SMILES string of the molecule is Cc1nc2cccc(C(=O)N/N=C\c3c(Cl)cnn3C(C)(C)C)c2c(=O)[nH]1. The summed E-state index contributed by atoms with van der Waals surface area (Å²) in [7, 11) is 0. The second-order valence-corrected chi connectivity index (χ2v) is 7.42. The molecule has 0 fully saturated rings. The summed E-state index contributed by atoms with van der Waals surface area (Å²) in [6, 6.07) is 4.89. The maximum Gasteiger partial charge on any atom is 0.272 e. The number of H-pyrrole nitrogens is 1. The summed E-state index contributed by atoms with van der Waals surface area (Å²) in [6.07, 6.45) is 2.95. The minimum Gasteiger partial charge on any atom is -0.310 e. The predicted octanol–water partition coefficient (Wildman–Crippen LogP) is 2.60. The Balaban J connectivity index is 1.90. The van der Waals surface area contributed by atoms with E-state index in [-0.39, 0.29) is 22.0 Å². The number of benzene rings is 1. The predicted molar refractivity (Wildman–Crippen MR) is 104 cm³/mol. The number of carbonyl (C=O) groups is 1. The van der Waals surface area contributed by atoms with Gasteiger partial charge in [0.2, 0.25) is 0 Å². The molecule has 2 aromatic heterocycles. The molecule has 9 heteroatoms. The number of hydrogen-bond donors (Lipinski definition) is 2. The highest BCUT2D eigenvalue weighted by Crippen LogP contribution is 2.21. The fraction of sp³-hybridized carbons (Fsp3) is 0.278. The summed E-state index contributed by atoms with van der Waals surface area (Å²) >= 11 is 6.16. The number of nitrogens with zero attached hydrogens (tertiary/aromatic N) is 4. The molecule has 8 nitrogen and oxygen atoms in total. The second kappa shape index (κ2) is 6.96. The van der Waals surface area contributed by atoms with Crippen molar-refractivity contribution in [1.82, 2.24) is 25.2 Å². The summed E-state index contributed by atoms with van der Waals surface area (Å²) in [6.45, 7) is 7.61. The van der Waals surface area contributed by atoms with E-state index in [9.17, 15) is 9.59 Å². The van der Waals surface area contributed by atoms with Gasteiger partial charge in [-0.1, -0.05) is 17.7 Å². The van der Waals surface area contributed by atoms with Gasteiger partial charge in [0.25, 0.3) is 11.5 Å². The van der Waals surface area contributed by atoms with Gasteiger partial charge in [-0.15, -0.1) is 0 Å². The molecule has 0 unspecified atom stereocenters. The second-order valence-electron chi connectivity index (χ2n) is 7.01. The Hall–Kier alpha value is -3.00. The van der Waals surface area contributed by atoms with Crippen LogP contribution >= 0.6 is 11.6 Å². The molecule has 0 bridgehead atoms. The van der Waals surface area contributed by atoms with Gasteiger partial charge in [0, 0.05) is 0 Å². The number of carbonyl (C=O) groups excluding carboxylic acids is 1. The fourth-order valence-electron chi connectivity index (χ4n) is 2.70. The molecule has 27 heavy (non-hydrogen) atoms. The number of fused-ring (bicyclic) bond motifs is 1. The summed E-state index contributed by atoms with van der Waals surface area (Å²) in [5.74, 6) is -0.0425. The van der Waals surface area contributed by atoms with Gasteiger partial charge in [-0.2, -0.15) is 10.2 Å². The molecule has 2 N–H and O–H groups in total. The van der Waals surface area contributed by atoms with Crippen LogP contribution in [-0.4, -0.2) is 31.9 Å². The first-order valence-electron chi connectivity index (χ1n) is 8.25. The minimum absolute atomic E-state index is 0.189. The van der Waals surface area contributed by atoms with Crippen molar-refractivity contribution in [2.24, 2.45) is 5.10 Å². The number of aromatic nitrogens is 4. The van der Waals surface area contributed by atoms with Gasteiger partial charge in [0.1, 0.15) is 11.5 Å². The van der Waals surface area contributed by atoms with E-state index >= 15 is 0 Å². The molecule has 3 aromatic rings. The highest BCUT2D eigenvalue weighted by atomic mass is 35.5. The number of amides is 1. The van der Waals surface area contributed by atoms with E-state index in [2.05, 4.69) is 25.6 Å². The Kier molecular flexibility index (Phi) is 4.84. The molecule has 0 spiro atoms. The van der Waals surface area contributed by atoms with Crippen molar-refractivity contribution in [3.05, 3.63) is 56.9 Å². The van der Waals surface area contributed by atoms with Crippen molar-refractivity contribution >= 4 is 34.6 Å². The Labute approximate surface area is 160 Å². The van der Waals surface area contributed by atoms with E-state index in [1.807, 2.05) is 20.8 Å². The molecule has 1 aromatic carbocycles. The van der Waals surface area contributed by atoms with Gasteiger partial charge >= 0.3 is 0 Å². The lowest BCUT2D eigenvalue weighted by molar-refractivity contribution is 0.0956. The van der Waals surface area contributed by atoms with Crippen LogP contribution in [0.2, 0.25) is 5.02 Å². The molecule has 2 heterocycles. The molecule has 0 aliphatic heterocycles. The molecule has 3 rings (SSSR count). The molecule has 0 radical (unpaired) electrons. The molecule has 0 saturated heterocycles. The first-order chi connectivity index (χ1) is 12.7. The number of hydrazone groups is 1. The smallest absolute Gasteiger partial charge is 0.272 e. The molecule has 0 saturated carbocycles. The van der Waals surface area contributed by atoms with Crippen LogP contribution in [-0.2, 0) is 5.54 Å². The van der Waals surface area contributed by atoms with Crippen LogP contribution in [0.1, 0.15) is 42.6 Å².